The summed E-state index contributed by atoms with van der Waals surface area (Å²) in [6.45, 7) is 6.29. The first kappa shape index (κ1) is 25.0. The lowest BCUT2D eigenvalue weighted by molar-refractivity contribution is -0.139. The third-order valence-electron chi connectivity index (χ3n) is 8.14. The number of anilines is 1. The van der Waals surface area contributed by atoms with Crippen LogP contribution in [-0.2, 0) is 4.79 Å². The van der Waals surface area contributed by atoms with Gasteiger partial charge in [-0.2, -0.15) is 10.4 Å². The molecule has 0 spiro atoms. The summed E-state index contributed by atoms with van der Waals surface area (Å²) >= 11 is 0. The van der Waals surface area contributed by atoms with E-state index in [0.29, 0.717) is 17.9 Å². The second kappa shape index (κ2) is 9.67. The molecule has 1 N–H and O–H groups in total. The number of hydrogen-bond acceptors (Lipinski definition) is 7. The lowest BCUT2D eigenvalue weighted by Gasteiger charge is -2.48. The maximum Gasteiger partial charge on any atom is 0.240 e. The van der Waals surface area contributed by atoms with Crippen LogP contribution in [0, 0.1) is 11.3 Å². The van der Waals surface area contributed by atoms with Crippen LogP contribution in [0.25, 0.3) is 16.6 Å². The zero-order chi connectivity index (χ0) is 26.2. The van der Waals surface area contributed by atoms with Crippen molar-refractivity contribution in [3.05, 3.63) is 42.4 Å². The molecule has 0 atom stereocenters. The number of rotatable bonds is 7. The van der Waals surface area contributed by atoms with E-state index in [0.717, 1.165) is 67.7 Å². The Bertz CT molecular complexity index is 1330. The number of fused-ring (bicyclic) bond motifs is 1. The van der Waals surface area contributed by atoms with E-state index in [9.17, 15) is 10.1 Å². The lowest BCUT2D eigenvalue weighted by Crippen LogP contribution is -2.65. The zero-order valence-electron chi connectivity index (χ0n) is 22.1. The summed E-state index contributed by atoms with van der Waals surface area (Å²) in [6, 6.07) is 8.24. The monoisotopic (exact) mass is 501 g/mol. The molecule has 2 aliphatic rings. The first-order valence-corrected chi connectivity index (χ1v) is 13.0. The molecule has 37 heavy (non-hydrogen) atoms. The third kappa shape index (κ3) is 4.51. The first-order valence-electron chi connectivity index (χ1n) is 13.0. The van der Waals surface area contributed by atoms with Gasteiger partial charge in [-0.1, -0.05) is 0 Å². The molecule has 4 heterocycles. The molecule has 1 amide bonds. The van der Waals surface area contributed by atoms with E-state index >= 15 is 0 Å². The number of likely N-dealkylation sites (N-methyl/N-ethyl adjacent to an activating group) is 1. The largest absolute Gasteiger partial charge is 0.492 e. The minimum absolute atomic E-state index is 0.166. The molecule has 3 aromatic rings. The van der Waals surface area contributed by atoms with E-state index < -0.39 is 0 Å². The fourth-order valence-electron chi connectivity index (χ4n) is 5.51. The summed E-state index contributed by atoms with van der Waals surface area (Å²) in [4.78, 5) is 22.3. The summed E-state index contributed by atoms with van der Waals surface area (Å²) < 4.78 is 7.42. The van der Waals surface area contributed by atoms with Gasteiger partial charge in [0.15, 0.2) is 0 Å². The standard InChI is InChI=1S/C28H35N7O2/c1-5-37-22-15-23(25-21(16-29)18-31-35(25)19-22)20-7-8-24(30-17-20)34-13-11-27(2,12-14-34)32-26(36)28(33(3)4)9-6-10-28/h7-8,15,17-19H,5-6,9-14H2,1-4H3,(H,32,36). The van der Waals surface area contributed by atoms with Gasteiger partial charge in [0.1, 0.15) is 17.6 Å². The second-order valence-corrected chi connectivity index (χ2v) is 10.7. The van der Waals surface area contributed by atoms with Crippen LogP contribution in [0.4, 0.5) is 5.82 Å². The van der Waals surface area contributed by atoms with Crippen molar-refractivity contribution in [2.24, 2.45) is 0 Å². The molecule has 3 aromatic heterocycles. The van der Waals surface area contributed by atoms with Crippen molar-refractivity contribution in [3.8, 4) is 22.9 Å². The number of nitrogens with one attached hydrogen (secondary N) is 1. The van der Waals surface area contributed by atoms with Crippen LogP contribution in [-0.4, -0.2) is 70.3 Å². The molecule has 1 saturated heterocycles. The van der Waals surface area contributed by atoms with Gasteiger partial charge in [-0.3, -0.25) is 9.69 Å². The van der Waals surface area contributed by atoms with E-state index in [1.165, 1.54) is 0 Å². The van der Waals surface area contributed by atoms with Gasteiger partial charge < -0.3 is 15.0 Å². The Morgan fingerprint density at radius 3 is 2.54 bits per heavy atom. The van der Waals surface area contributed by atoms with Crippen LogP contribution >= 0.6 is 0 Å². The number of pyridine rings is 2. The van der Waals surface area contributed by atoms with Crippen LogP contribution in [0.15, 0.2) is 36.8 Å². The molecule has 0 aromatic carbocycles. The Morgan fingerprint density at radius 2 is 1.97 bits per heavy atom. The summed E-state index contributed by atoms with van der Waals surface area (Å²) in [5.41, 5.74) is 2.45. The number of aromatic nitrogens is 3. The van der Waals surface area contributed by atoms with Gasteiger partial charge in [0.2, 0.25) is 5.91 Å². The van der Waals surface area contributed by atoms with Gasteiger partial charge in [-0.15, -0.1) is 0 Å². The predicted molar refractivity (Wildman–Crippen MR) is 143 cm³/mol. The smallest absolute Gasteiger partial charge is 0.240 e. The van der Waals surface area contributed by atoms with Crippen molar-refractivity contribution < 1.29 is 9.53 Å². The van der Waals surface area contributed by atoms with Crippen molar-refractivity contribution in [1.82, 2.24) is 24.8 Å². The van der Waals surface area contributed by atoms with Gasteiger partial charge in [-0.25, -0.2) is 9.50 Å². The average molecular weight is 502 g/mol. The van der Waals surface area contributed by atoms with E-state index in [2.05, 4.69) is 33.2 Å². The molecule has 9 nitrogen and oxygen atoms in total. The van der Waals surface area contributed by atoms with E-state index in [1.807, 2.05) is 45.4 Å². The van der Waals surface area contributed by atoms with Gasteiger partial charge >= 0.3 is 0 Å². The number of ether oxygens (including phenoxy) is 1. The van der Waals surface area contributed by atoms with Crippen LogP contribution in [0.1, 0.15) is 51.5 Å². The Morgan fingerprint density at radius 1 is 1.22 bits per heavy atom. The maximum atomic E-state index is 13.2. The van der Waals surface area contributed by atoms with Crippen molar-refractivity contribution in [1.29, 1.82) is 5.26 Å². The number of carbonyl (C=O) groups excluding carboxylic acids is 1. The minimum atomic E-state index is -0.344. The van der Waals surface area contributed by atoms with Crippen molar-refractivity contribution in [3.63, 3.8) is 0 Å². The number of hydrogen-bond donors (Lipinski definition) is 1. The van der Waals surface area contributed by atoms with Gasteiger partial charge in [0.25, 0.3) is 0 Å². The highest BCUT2D eigenvalue weighted by molar-refractivity contribution is 5.88. The normalized spacial score (nSPS) is 18.3. The van der Waals surface area contributed by atoms with Crippen molar-refractivity contribution in [2.45, 2.75) is 57.0 Å². The number of carbonyl (C=O) groups is 1. The summed E-state index contributed by atoms with van der Waals surface area (Å²) in [5, 5.41) is 17.3. The lowest BCUT2D eigenvalue weighted by atomic mass is 9.74. The summed E-state index contributed by atoms with van der Waals surface area (Å²) in [7, 11) is 4.01. The molecular weight excluding hydrogens is 466 g/mol. The molecule has 194 valence electrons. The molecule has 0 unspecified atom stereocenters. The molecule has 5 rings (SSSR count). The van der Waals surface area contributed by atoms with Crippen LogP contribution < -0.4 is 15.0 Å². The molecule has 2 fully saturated rings. The van der Waals surface area contributed by atoms with Crippen molar-refractivity contribution in [2.75, 3.05) is 38.7 Å². The molecule has 0 radical (unpaired) electrons. The highest BCUT2D eigenvalue weighted by Gasteiger charge is 2.48. The van der Waals surface area contributed by atoms with Crippen LogP contribution in [0.3, 0.4) is 0 Å². The van der Waals surface area contributed by atoms with Gasteiger partial charge in [0.05, 0.1) is 35.6 Å². The highest BCUT2D eigenvalue weighted by atomic mass is 16.5. The quantitative estimate of drug-likeness (QED) is 0.528. The topological polar surface area (TPSA) is 98.8 Å². The molecule has 9 heteroatoms. The fraction of sp³-hybridized carbons (Fsp3) is 0.500. The highest BCUT2D eigenvalue weighted by Crippen LogP contribution is 2.38. The average Bonchev–Trinajstić information content (AvgIpc) is 3.26. The minimum Gasteiger partial charge on any atom is -0.492 e. The molecule has 1 aliphatic carbocycles. The van der Waals surface area contributed by atoms with Gasteiger partial charge in [-0.05, 0) is 78.2 Å². The Balaban J connectivity index is 1.30. The fourth-order valence-corrected chi connectivity index (χ4v) is 5.51. The van der Waals surface area contributed by atoms with E-state index in [1.54, 1.807) is 16.9 Å². The second-order valence-electron chi connectivity index (χ2n) is 10.7. The van der Waals surface area contributed by atoms with E-state index in [-0.39, 0.29) is 17.0 Å². The summed E-state index contributed by atoms with van der Waals surface area (Å²) in [5.74, 6) is 1.77. The number of amides is 1. The Hall–Kier alpha value is -3.64. The molecule has 1 saturated carbocycles. The SMILES string of the molecule is CCOc1cc(-c2ccc(N3CCC(C)(NC(=O)C4(N(C)C)CCC4)CC3)nc2)c2c(C#N)cnn2c1. The summed E-state index contributed by atoms with van der Waals surface area (Å²) in [6.07, 6.45) is 9.91. The number of nitriles is 1. The van der Waals surface area contributed by atoms with E-state index in [4.69, 9.17) is 9.72 Å². The third-order valence-corrected chi connectivity index (χ3v) is 8.14. The Kier molecular flexibility index (Phi) is 6.54. The molecule has 1 aliphatic heterocycles. The van der Waals surface area contributed by atoms with Gasteiger partial charge in [0, 0.05) is 36.0 Å². The zero-order valence-corrected chi connectivity index (χ0v) is 22.1. The predicted octanol–water partition coefficient (Wildman–Crippen LogP) is 3.63. The molecular formula is C28H35N7O2. The number of nitrogens with zero attached hydrogens (tertiary/aromatic N) is 6. The van der Waals surface area contributed by atoms with Crippen molar-refractivity contribution >= 4 is 17.2 Å². The number of piperidine rings is 1. The Labute approximate surface area is 218 Å². The van der Waals surface area contributed by atoms with Crippen LogP contribution in [0.2, 0.25) is 0 Å². The maximum absolute atomic E-state index is 13.2. The first-order chi connectivity index (χ1) is 17.8. The molecule has 0 bridgehead atoms. The van der Waals surface area contributed by atoms with Crippen LogP contribution in [0.5, 0.6) is 5.75 Å².